The van der Waals surface area contributed by atoms with Crippen molar-refractivity contribution in [1.82, 2.24) is 9.97 Å². The molecule has 0 spiro atoms. The molecule has 0 N–H and O–H groups in total. The molecule has 0 unspecified atom stereocenters. The van der Waals surface area contributed by atoms with Gasteiger partial charge >= 0.3 is 0 Å². The summed E-state index contributed by atoms with van der Waals surface area (Å²) in [5, 5.41) is 0.504. The Kier molecular flexibility index (Phi) is 3.88. The number of hydrogen-bond donors (Lipinski definition) is 0. The van der Waals surface area contributed by atoms with Crippen molar-refractivity contribution in [2.24, 2.45) is 0 Å². The molecule has 20 heavy (non-hydrogen) atoms. The molecule has 3 heteroatoms. The zero-order valence-electron chi connectivity index (χ0n) is 12.7. The van der Waals surface area contributed by atoms with E-state index in [2.05, 4.69) is 51.7 Å². The first-order chi connectivity index (χ1) is 9.21. The number of halogens is 1. The number of rotatable bonds is 2. The highest BCUT2D eigenvalue weighted by molar-refractivity contribution is 6.29. The van der Waals surface area contributed by atoms with E-state index in [1.54, 1.807) is 0 Å². The van der Waals surface area contributed by atoms with Crippen LogP contribution >= 0.6 is 11.6 Å². The van der Waals surface area contributed by atoms with Gasteiger partial charge in [-0.15, -0.1) is 0 Å². The first-order valence-electron chi connectivity index (χ1n) is 6.82. The van der Waals surface area contributed by atoms with Crippen LogP contribution in [0.5, 0.6) is 0 Å². The number of aromatic nitrogens is 2. The average Bonchev–Trinajstić information content (AvgIpc) is 2.38. The van der Waals surface area contributed by atoms with Crippen molar-refractivity contribution in [1.29, 1.82) is 0 Å². The second-order valence-electron chi connectivity index (χ2n) is 6.64. The summed E-state index contributed by atoms with van der Waals surface area (Å²) in [6.45, 7) is 10.6. The van der Waals surface area contributed by atoms with Gasteiger partial charge in [-0.1, -0.05) is 62.7 Å². The molecule has 0 fully saturated rings. The van der Waals surface area contributed by atoms with E-state index in [4.69, 9.17) is 16.6 Å². The first kappa shape index (κ1) is 15.0. The maximum atomic E-state index is 6.20. The highest BCUT2D eigenvalue weighted by Gasteiger charge is 2.28. The Hall–Kier alpha value is -1.41. The van der Waals surface area contributed by atoms with Gasteiger partial charge in [0.2, 0.25) is 0 Å². The van der Waals surface area contributed by atoms with Gasteiger partial charge < -0.3 is 0 Å². The van der Waals surface area contributed by atoms with E-state index in [-0.39, 0.29) is 10.8 Å². The molecule has 0 bridgehead atoms. The number of hydrogen-bond acceptors (Lipinski definition) is 2. The molecule has 1 aromatic carbocycles. The second-order valence-corrected chi connectivity index (χ2v) is 7.03. The third kappa shape index (κ3) is 3.01. The summed E-state index contributed by atoms with van der Waals surface area (Å²) < 4.78 is 0. The van der Waals surface area contributed by atoms with Crippen LogP contribution < -0.4 is 0 Å². The maximum absolute atomic E-state index is 6.20. The van der Waals surface area contributed by atoms with Gasteiger partial charge in [0, 0.05) is 10.8 Å². The fourth-order valence-electron chi connectivity index (χ4n) is 2.07. The van der Waals surface area contributed by atoms with Crippen LogP contribution in [0.15, 0.2) is 36.4 Å². The minimum Gasteiger partial charge on any atom is -0.236 e. The standard InChI is InChI=1S/C17H21ClN2/c1-16(2,3)13-11-14(18)20-15(19-13)17(4,5)12-9-7-6-8-10-12/h6-11H,1-5H3. The van der Waals surface area contributed by atoms with Crippen molar-refractivity contribution < 1.29 is 0 Å². The van der Waals surface area contributed by atoms with Gasteiger partial charge in [-0.25, -0.2) is 9.97 Å². The zero-order chi connectivity index (χ0) is 15.0. The van der Waals surface area contributed by atoms with Crippen LogP contribution in [-0.4, -0.2) is 9.97 Å². The summed E-state index contributed by atoms with van der Waals surface area (Å²) in [5.74, 6) is 0.765. The quantitative estimate of drug-likeness (QED) is 0.745. The van der Waals surface area contributed by atoms with Gasteiger partial charge in [-0.3, -0.25) is 0 Å². The molecule has 0 saturated heterocycles. The molecule has 0 aliphatic carbocycles. The molecule has 0 radical (unpaired) electrons. The summed E-state index contributed by atoms with van der Waals surface area (Å²) in [7, 11) is 0. The van der Waals surface area contributed by atoms with Crippen molar-refractivity contribution in [3.63, 3.8) is 0 Å². The van der Waals surface area contributed by atoms with Crippen LogP contribution in [0.2, 0.25) is 5.15 Å². The predicted molar refractivity (Wildman–Crippen MR) is 84.3 cm³/mol. The van der Waals surface area contributed by atoms with E-state index in [1.807, 2.05) is 24.3 Å². The summed E-state index contributed by atoms with van der Waals surface area (Å²) in [4.78, 5) is 9.21. The lowest BCUT2D eigenvalue weighted by atomic mass is 9.83. The molecular formula is C17H21ClN2. The van der Waals surface area contributed by atoms with Crippen LogP contribution in [-0.2, 0) is 10.8 Å². The summed E-state index contributed by atoms with van der Waals surface area (Å²) in [6, 6.07) is 12.1. The lowest BCUT2D eigenvalue weighted by Crippen LogP contribution is -2.25. The van der Waals surface area contributed by atoms with Crippen molar-refractivity contribution in [2.75, 3.05) is 0 Å². The van der Waals surface area contributed by atoms with E-state index in [0.29, 0.717) is 5.15 Å². The molecule has 0 atom stereocenters. The van der Waals surface area contributed by atoms with Crippen LogP contribution in [0.3, 0.4) is 0 Å². The van der Waals surface area contributed by atoms with Gasteiger partial charge in [-0.2, -0.15) is 0 Å². The maximum Gasteiger partial charge on any atom is 0.140 e. The van der Waals surface area contributed by atoms with E-state index in [1.165, 1.54) is 5.56 Å². The van der Waals surface area contributed by atoms with E-state index in [9.17, 15) is 0 Å². The lowest BCUT2D eigenvalue weighted by molar-refractivity contribution is 0.534. The highest BCUT2D eigenvalue weighted by Crippen LogP contribution is 2.31. The van der Waals surface area contributed by atoms with Gasteiger partial charge in [0.05, 0.1) is 5.69 Å². The molecule has 2 nitrogen and oxygen atoms in total. The summed E-state index contributed by atoms with van der Waals surface area (Å²) >= 11 is 6.20. The fraction of sp³-hybridized carbons (Fsp3) is 0.412. The normalized spacial score (nSPS) is 12.5. The van der Waals surface area contributed by atoms with Crippen molar-refractivity contribution in [3.8, 4) is 0 Å². The van der Waals surface area contributed by atoms with Crippen LogP contribution in [0.1, 0.15) is 51.7 Å². The molecule has 0 saturated carbocycles. The van der Waals surface area contributed by atoms with Crippen LogP contribution in [0, 0.1) is 0 Å². The molecule has 1 aromatic heterocycles. The summed E-state index contributed by atoms with van der Waals surface area (Å²) in [5.41, 5.74) is 1.83. The highest BCUT2D eigenvalue weighted by atomic mass is 35.5. The topological polar surface area (TPSA) is 25.8 Å². The minimum atomic E-state index is -0.272. The molecule has 0 aliphatic rings. The van der Waals surface area contributed by atoms with Crippen LogP contribution in [0.25, 0.3) is 0 Å². The third-order valence-electron chi connectivity index (χ3n) is 3.52. The lowest BCUT2D eigenvalue weighted by Gasteiger charge is -2.26. The smallest absolute Gasteiger partial charge is 0.140 e. The summed E-state index contributed by atoms with van der Waals surface area (Å²) in [6.07, 6.45) is 0. The largest absolute Gasteiger partial charge is 0.236 e. The van der Waals surface area contributed by atoms with Gasteiger partial charge in [0.1, 0.15) is 11.0 Å². The van der Waals surface area contributed by atoms with Gasteiger partial charge in [-0.05, 0) is 25.5 Å². The van der Waals surface area contributed by atoms with E-state index in [0.717, 1.165) is 11.5 Å². The Labute approximate surface area is 126 Å². The SMILES string of the molecule is CC(C)(C)c1cc(Cl)nc(C(C)(C)c2ccccc2)n1. The molecule has 2 aromatic rings. The average molecular weight is 289 g/mol. The third-order valence-corrected chi connectivity index (χ3v) is 3.71. The molecule has 0 amide bonds. The molecule has 1 heterocycles. The Bertz CT molecular complexity index is 598. The van der Waals surface area contributed by atoms with Gasteiger partial charge in [0.25, 0.3) is 0 Å². The minimum absolute atomic E-state index is 0.0475. The second kappa shape index (κ2) is 5.17. The fourth-order valence-corrected chi connectivity index (χ4v) is 2.25. The predicted octanol–water partition coefficient (Wildman–Crippen LogP) is 4.75. The van der Waals surface area contributed by atoms with Crippen molar-refractivity contribution in [3.05, 3.63) is 58.6 Å². The Morgan fingerprint density at radius 1 is 0.900 bits per heavy atom. The zero-order valence-corrected chi connectivity index (χ0v) is 13.5. The Morgan fingerprint density at radius 3 is 2.05 bits per heavy atom. The monoisotopic (exact) mass is 288 g/mol. The number of nitrogens with zero attached hydrogens (tertiary/aromatic N) is 2. The van der Waals surface area contributed by atoms with Crippen molar-refractivity contribution in [2.45, 2.75) is 45.4 Å². The Balaban J connectivity index is 2.55. The Morgan fingerprint density at radius 2 is 1.50 bits per heavy atom. The van der Waals surface area contributed by atoms with Crippen LogP contribution in [0.4, 0.5) is 0 Å². The number of benzene rings is 1. The van der Waals surface area contributed by atoms with E-state index < -0.39 is 0 Å². The van der Waals surface area contributed by atoms with Crippen molar-refractivity contribution >= 4 is 11.6 Å². The van der Waals surface area contributed by atoms with E-state index >= 15 is 0 Å². The first-order valence-corrected chi connectivity index (χ1v) is 7.20. The molecule has 106 valence electrons. The molecule has 2 rings (SSSR count). The molecular weight excluding hydrogens is 268 g/mol. The van der Waals surface area contributed by atoms with Gasteiger partial charge in [0.15, 0.2) is 0 Å². The molecule has 0 aliphatic heterocycles.